The van der Waals surface area contributed by atoms with Crippen LogP contribution >= 0.6 is 0 Å². The summed E-state index contributed by atoms with van der Waals surface area (Å²) in [5, 5.41) is 6.58. The molecule has 0 aliphatic heterocycles. The first-order valence-electron chi connectivity index (χ1n) is 7.43. The number of guanidine groups is 1. The molecule has 112 valence electrons. The van der Waals surface area contributed by atoms with Gasteiger partial charge in [0.1, 0.15) is 0 Å². The van der Waals surface area contributed by atoms with Crippen LogP contribution in [0, 0.1) is 0 Å². The zero-order chi connectivity index (χ0) is 14.9. The van der Waals surface area contributed by atoms with Crippen LogP contribution in [0.1, 0.15) is 25.8 Å². The molecule has 5 heteroatoms. The molecule has 0 fully saturated rings. The molecular formula is C16H23N5. The maximum atomic E-state index is 4.65. The largest absolute Gasteiger partial charge is 0.357 e. The van der Waals surface area contributed by atoms with E-state index in [9.17, 15) is 0 Å². The van der Waals surface area contributed by atoms with Gasteiger partial charge in [-0.15, -0.1) is 0 Å². The number of nitrogens with zero attached hydrogens (tertiary/aromatic N) is 3. The van der Waals surface area contributed by atoms with Crippen molar-refractivity contribution in [2.75, 3.05) is 13.1 Å². The second-order valence-electron chi connectivity index (χ2n) is 4.72. The second-order valence-corrected chi connectivity index (χ2v) is 4.72. The molecule has 0 atom stereocenters. The number of imidazole rings is 1. The molecule has 0 unspecified atom stereocenters. The van der Waals surface area contributed by atoms with Crippen LogP contribution in [0.15, 0.2) is 48.0 Å². The van der Waals surface area contributed by atoms with Gasteiger partial charge in [0, 0.05) is 25.5 Å². The Morgan fingerprint density at radius 2 is 2.10 bits per heavy atom. The third kappa shape index (κ3) is 4.34. The number of nitrogens with one attached hydrogen (secondary N) is 2. The van der Waals surface area contributed by atoms with Gasteiger partial charge in [-0.25, -0.2) is 9.98 Å². The van der Waals surface area contributed by atoms with E-state index >= 15 is 0 Å². The highest BCUT2D eigenvalue weighted by molar-refractivity contribution is 5.79. The van der Waals surface area contributed by atoms with Crippen molar-refractivity contribution in [1.82, 2.24) is 20.2 Å². The molecule has 2 rings (SSSR count). The van der Waals surface area contributed by atoms with Gasteiger partial charge in [0.15, 0.2) is 5.96 Å². The first-order valence-corrected chi connectivity index (χ1v) is 7.43. The average molecular weight is 285 g/mol. The molecule has 5 nitrogen and oxygen atoms in total. The summed E-state index contributed by atoms with van der Waals surface area (Å²) in [7, 11) is 0. The van der Waals surface area contributed by atoms with Gasteiger partial charge in [0.25, 0.3) is 0 Å². The molecule has 0 bridgehead atoms. The Labute approximate surface area is 126 Å². The average Bonchev–Trinajstić information content (AvgIpc) is 3.04. The van der Waals surface area contributed by atoms with Crippen LogP contribution in [0.4, 0.5) is 0 Å². The van der Waals surface area contributed by atoms with Gasteiger partial charge in [0.05, 0.1) is 18.6 Å². The maximum Gasteiger partial charge on any atom is 0.191 e. The van der Waals surface area contributed by atoms with Crippen LogP contribution in [0.3, 0.4) is 0 Å². The number of rotatable bonds is 6. The lowest BCUT2D eigenvalue weighted by Crippen LogP contribution is -2.37. The Morgan fingerprint density at radius 1 is 1.24 bits per heavy atom. The van der Waals surface area contributed by atoms with Crippen molar-refractivity contribution < 1.29 is 0 Å². The Balaban J connectivity index is 2.15. The highest BCUT2D eigenvalue weighted by Crippen LogP contribution is 2.14. The van der Waals surface area contributed by atoms with Gasteiger partial charge in [-0.2, -0.15) is 0 Å². The number of aromatic nitrogens is 2. The van der Waals surface area contributed by atoms with Crippen LogP contribution in [-0.2, 0) is 6.54 Å². The van der Waals surface area contributed by atoms with Gasteiger partial charge >= 0.3 is 0 Å². The molecule has 0 aliphatic carbocycles. The van der Waals surface area contributed by atoms with Crippen LogP contribution in [0.5, 0.6) is 0 Å². The van der Waals surface area contributed by atoms with Gasteiger partial charge in [0.2, 0.25) is 0 Å². The topological polar surface area (TPSA) is 54.2 Å². The first kappa shape index (κ1) is 15.1. The van der Waals surface area contributed by atoms with Crippen molar-refractivity contribution in [3.63, 3.8) is 0 Å². The number of para-hydroxylation sites is 1. The van der Waals surface area contributed by atoms with Crippen molar-refractivity contribution >= 4 is 5.96 Å². The first-order chi connectivity index (χ1) is 10.3. The predicted molar refractivity (Wildman–Crippen MR) is 86.7 cm³/mol. The fourth-order valence-corrected chi connectivity index (χ4v) is 2.05. The lowest BCUT2D eigenvalue weighted by Gasteiger charge is -2.12. The van der Waals surface area contributed by atoms with E-state index in [-0.39, 0.29) is 0 Å². The summed E-state index contributed by atoms with van der Waals surface area (Å²) in [6, 6.07) is 8.25. The predicted octanol–water partition coefficient (Wildman–Crippen LogP) is 2.34. The highest BCUT2D eigenvalue weighted by atomic mass is 15.2. The smallest absolute Gasteiger partial charge is 0.191 e. The summed E-state index contributed by atoms with van der Waals surface area (Å²) >= 11 is 0. The summed E-state index contributed by atoms with van der Waals surface area (Å²) in [4.78, 5) is 8.76. The molecule has 2 N–H and O–H groups in total. The Kier molecular flexibility index (Phi) is 5.82. The number of benzene rings is 1. The minimum absolute atomic E-state index is 0.632. The van der Waals surface area contributed by atoms with Crippen molar-refractivity contribution in [3.05, 3.63) is 48.5 Å². The third-order valence-corrected chi connectivity index (χ3v) is 3.07. The Morgan fingerprint density at radius 3 is 2.81 bits per heavy atom. The van der Waals surface area contributed by atoms with E-state index in [1.807, 2.05) is 29.2 Å². The standard InChI is InChI=1S/C16H23N5/c1-3-9-19-16(18-4-2)20-12-14-7-5-6-8-15(14)21-11-10-17-13-21/h5-8,10-11,13H,3-4,9,12H2,1-2H3,(H2,18,19,20). The number of aliphatic imine (C=N–C) groups is 1. The van der Waals surface area contributed by atoms with Crippen LogP contribution in [0.25, 0.3) is 5.69 Å². The van der Waals surface area contributed by atoms with Crippen molar-refractivity contribution in [1.29, 1.82) is 0 Å². The van der Waals surface area contributed by atoms with Gasteiger partial charge < -0.3 is 15.2 Å². The number of hydrogen-bond acceptors (Lipinski definition) is 2. The molecule has 0 radical (unpaired) electrons. The minimum atomic E-state index is 0.632. The SMILES string of the molecule is CCCNC(=NCc1ccccc1-n1ccnc1)NCC. The lowest BCUT2D eigenvalue weighted by molar-refractivity contribution is 0.784. The zero-order valence-corrected chi connectivity index (χ0v) is 12.7. The van der Waals surface area contributed by atoms with E-state index < -0.39 is 0 Å². The lowest BCUT2D eigenvalue weighted by atomic mass is 10.2. The Hall–Kier alpha value is -2.30. The number of hydrogen-bond donors (Lipinski definition) is 2. The normalized spacial score (nSPS) is 11.4. The molecule has 2 aromatic rings. The quantitative estimate of drug-likeness (QED) is 0.633. The summed E-state index contributed by atoms with van der Waals surface area (Å²) in [5.41, 5.74) is 2.29. The second kappa shape index (κ2) is 8.09. The summed E-state index contributed by atoms with van der Waals surface area (Å²) in [5.74, 6) is 0.861. The minimum Gasteiger partial charge on any atom is -0.357 e. The molecule has 0 aliphatic rings. The molecule has 0 spiro atoms. The van der Waals surface area contributed by atoms with Crippen molar-refractivity contribution in [3.8, 4) is 5.69 Å². The third-order valence-electron chi connectivity index (χ3n) is 3.07. The molecular weight excluding hydrogens is 262 g/mol. The van der Waals surface area contributed by atoms with E-state index in [1.165, 1.54) is 5.56 Å². The molecule has 0 saturated heterocycles. The highest BCUT2D eigenvalue weighted by Gasteiger charge is 2.03. The van der Waals surface area contributed by atoms with Crippen molar-refractivity contribution in [2.24, 2.45) is 4.99 Å². The zero-order valence-electron chi connectivity index (χ0n) is 12.7. The van der Waals surface area contributed by atoms with Crippen LogP contribution in [-0.4, -0.2) is 28.6 Å². The maximum absolute atomic E-state index is 4.65. The van der Waals surface area contributed by atoms with Gasteiger partial charge in [-0.3, -0.25) is 0 Å². The van der Waals surface area contributed by atoms with E-state index in [4.69, 9.17) is 0 Å². The summed E-state index contributed by atoms with van der Waals surface area (Å²) < 4.78 is 2.01. The fraction of sp³-hybridized carbons (Fsp3) is 0.375. The van der Waals surface area contributed by atoms with E-state index in [1.54, 1.807) is 6.20 Å². The van der Waals surface area contributed by atoms with Gasteiger partial charge in [-0.05, 0) is 25.0 Å². The molecule has 1 heterocycles. The molecule has 1 aromatic heterocycles. The van der Waals surface area contributed by atoms with Crippen LogP contribution in [0.2, 0.25) is 0 Å². The van der Waals surface area contributed by atoms with Crippen LogP contribution < -0.4 is 10.6 Å². The van der Waals surface area contributed by atoms with E-state index in [2.05, 4.69) is 46.6 Å². The molecule has 0 saturated carbocycles. The van der Waals surface area contributed by atoms with E-state index in [0.717, 1.165) is 31.2 Å². The summed E-state index contributed by atoms with van der Waals surface area (Å²) in [6.45, 7) is 6.63. The molecule has 21 heavy (non-hydrogen) atoms. The fourth-order valence-electron chi connectivity index (χ4n) is 2.05. The van der Waals surface area contributed by atoms with E-state index in [0.29, 0.717) is 6.54 Å². The Bertz CT molecular complexity index is 560. The van der Waals surface area contributed by atoms with Gasteiger partial charge in [-0.1, -0.05) is 25.1 Å². The van der Waals surface area contributed by atoms with Crippen molar-refractivity contribution in [2.45, 2.75) is 26.8 Å². The summed E-state index contributed by atoms with van der Waals surface area (Å²) in [6.07, 6.45) is 6.62. The monoisotopic (exact) mass is 285 g/mol. The molecule has 1 aromatic carbocycles. The molecule has 0 amide bonds.